The molecule has 0 aliphatic carbocycles. The second-order valence-corrected chi connectivity index (χ2v) is 22.2. The van der Waals surface area contributed by atoms with E-state index in [1.165, 1.54) is 31.2 Å². The Morgan fingerprint density at radius 1 is 0.787 bits per heavy atom. The molecular formula is C56H72N10O22S. The van der Waals surface area contributed by atoms with Crippen LogP contribution in [0.25, 0.3) is 22.9 Å². The number of rotatable bonds is 21. The molecule has 4 heterocycles. The molecule has 33 heteroatoms. The lowest BCUT2D eigenvalue weighted by Crippen LogP contribution is -2.64. The van der Waals surface area contributed by atoms with Crippen molar-refractivity contribution in [1.82, 2.24) is 46.6 Å². The number of amides is 8. The van der Waals surface area contributed by atoms with Crippen LogP contribution < -0.4 is 41.2 Å². The summed E-state index contributed by atoms with van der Waals surface area (Å²) in [5, 5.41) is 122. The molecule has 32 nitrogen and oxygen atoms in total. The number of phenols is 1. The number of aromatic nitrogens is 2. The number of benzene rings is 3. The molecule has 4 aromatic rings. The van der Waals surface area contributed by atoms with Crippen molar-refractivity contribution in [2.24, 2.45) is 11.7 Å². The van der Waals surface area contributed by atoms with E-state index in [0.29, 0.717) is 28.4 Å². The molecule has 89 heavy (non-hydrogen) atoms. The van der Waals surface area contributed by atoms with Crippen molar-refractivity contribution in [1.29, 1.82) is 0 Å². The number of phenolic OH excluding ortho intramolecular Hbond substituents is 1. The van der Waals surface area contributed by atoms with Gasteiger partial charge in [0.25, 0.3) is 18.2 Å². The molecule has 0 saturated carbocycles. The highest BCUT2D eigenvalue weighted by molar-refractivity contribution is 7.90. The number of nitrogens with one attached hydrogen (secondary N) is 5. The number of unbranched alkanes of at least 4 members (excludes halogenated alkanes) is 3. The van der Waals surface area contributed by atoms with Crippen molar-refractivity contribution >= 4 is 59.6 Å². The molecule has 7 rings (SSSR count). The highest BCUT2D eigenvalue weighted by Gasteiger charge is 2.50. The third-order valence-electron chi connectivity index (χ3n) is 15.1. The van der Waals surface area contributed by atoms with E-state index >= 15 is 0 Å². The van der Waals surface area contributed by atoms with Gasteiger partial charge in [0.05, 0.1) is 43.5 Å². The van der Waals surface area contributed by atoms with Crippen LogP contribution in [-0.2, 0) is 42.9 Å². The van der Waals surface area contributed by atoms with E-state index in [1.807, 2.05) is 0 Å². The molecule has 0 radical (unpaired) electrons. The molecule has 3 aliphatic heterocycles. The number of carbonyl (C=O) groups is 8. The summed E-state index contributed by atoms with van der Waals surface area (Å²) in [4.78, 5) is 115. The Labute approximate surface area is 512 Å². The molecule has 0 bridgehead atoms. The third kappa shape index (κ3) is 17.4. The summed E-state index contributed by atoms with van der Waals surface area (Å²) in [7, 11) is 0. The lowest BCUT2D eigenvalue weighted by Gasteiger charge is -2.34. The third-order valence-corrected chi connectivity index (χ3v) is 15.5. The second kappa shape index (κ2) is 31.4. The van der Waals surface area contributed by atoms with Crippen molar-refractivity contribution in [3.05, 3.63) is 77.9 Å². The van der Waals surface area contributed by atoms with Crippen LogP contribution in [-0.4, -0.2) is 212 Å². The summed E-state index contributed by atoms with van der Waals surface area (Å²) in [6, 6.07) is 3.32. The number of ether oxygens (including phenoxy) is 1. The Bertz CT molecular complexity index is 3120. The monoisotopic (exact) mass is 1270 g/mol. The van der Waals surface area contributed by atoms with Gasteiger partial charge >= 0.3 is 0 Å². The van der Waals surface area contributed by atoms with Crippen LogP contribution in [0.2, 0.25) is 0 Å². The van der Waals surface area contributed by atoms with Crippen molar-refractivity contribution < 1.29 is 107 Å². The number of nitrogens with zero attached hydrogens (tertiary/aromatic N) is 4. The number of carbonyl (C=O) groups excluding carboxylic acids is 8. The number of hydrogen-bond acceptors (Lipinski definition) is 25. The van der Waals surface area contributed by atoms with Gasteiger partial charge in [-0.3, -0.25) is 38.4 Å². The number of primary amides is 1. The largest absolute Gasteiger partial charge is 0.504 e. The summed E-state index contributed by atoms with van der Waals surface area (Å²) >= 11 is -0.0263. The van der Waals surface area contributed by atoms with E-state index < -0.39 is 183 Å². The van der Waals surface area contributed by atoms with Crippen LogP contribution >= 0.6 is 12.3 Å². The Morgan fingerprint density at radius 3 is 2.07 bits per heavy atom. The summed E-state index contributed by atoms with van der Waals surface area (Å²) < 4.78 is 20.9. The quantitative estimate of drug-likeness (QED) is 0.0181. The van der Waals surface area contributed by atoms with Crippen LogP contribution in [0.15, 0.2) is 71.1 Å². The highest BCUT2D eigenvalue weighted by Crippen LogP contribution is 2.34. The van der Waals surface area contributed by atoms with Crippen LogP contribution in [0.4, 0.5) is 0 Å². The minimum Gasteiger partial charge on any atom is -0.504 e. The molecule has 1 aromatic heterocycles. The van der Waals surface area contributed by atoms with E-state index in [9.17, 15) is 79.2 Å². The average Bonchev–Trinajstić information content (AvgIpc) is 2.88. The Kier molecular flexibility index (Phi) is 24.1. The van der Waals surface area contributed by atoms with E-state index in [4.69, 9.17) is 24.3 Å². The Hall–Kier alpha value is -8.09. The highest BCUT2D eigenvalue weighted by atomic mass is 32.2. The first-order chi connectivity index (χ1) is 42.4. The summed E-state index contributed by atoms with van der Waals surface area (Å²) in [5.74, 6) is -11.1. The van der Waals surface area contributed by atoms with E-state index in [-0.39, 0.29) is 35.2 Å². The van der Waals surface area contributed by atoms with E-state index in [0.717, 1.165) is 55.7 Å². The molecular weight excluding hydrogens is 1200 g/mol. The topological polar surface area (TPSA) is 487 Å². The molecule has 16 N–H and O–H groups in total. The fourth-order valence-corrected chi connectivity index (χ4v) is 10.6. The number of hydrogen-bond donors (Lipinski definition) is 15. The fourth-order valence-electron chi connectivity index (χ4n) is 10.3. The summed E-state index contributed by atoms with van der Waals surface area (Å²) in [6.07, 6.45) is -12.0. The van der Waals surface area contributed by atoms with Crippen molar-refractivity contribution in [2.45, 2.75) is 145 Å². The molecule has 3 fully saturated rings. The maximum Gasteiger partial charge on any atom is 0.261 e. The van der Waals surface area contributed by atoms with Crippen molar-refractivity contribution in [3.8, 4) is 40.2 Å². The molecule has 0 spiro atoms. The van der Waals surface area contributed by atoms with Gasteiger partial charge in [-0.15, -0.1) is 10.2 Å². The zero-order valence-electron chi connectivity index (χ0n) is 48.3. The van der Waals surface area contributed by atoms with Crippen LogP contribution in [0.1, 0.15) is 87.7 Å². The smallest absolute Gasteiger partial charge is 0.261 e. The minimum atomic E-state index is -2.53. The Balaban J connectivity index is 1.19. The lowest BCUT2D eigenvalue weighted by atomic mass is 9.96. The number of aromatic hydroxyl groups is 1. The number of nitrogens with two attached hydrogens (primary N) is 1. The first-order valence-electron chi connectivity index (χ1n) is 28.4. The molecule has 13 unspecified atom stereocenters. The van der Waals surface area contributed by atoms with Crippen LogP contribution in [0.3, 0.4) is 0 Å². The van der Waals surface area contributed by atoms with Gasteiger partial charge in [-0.25, -0.2) is 5.26 Å². The van der Waals surface area contributed by atoms with Gasteiger partial charge in [-0.05, 0) is 79.6 Å². The molecule has 8 amide bonds. The number of fused-ring (bicyclic) bond motifs is 2. The predicted octanol–water partition coefficient (Wildman–Crippen LogP) is -2.25. The van der Waals surface area contributed by atoms with Crippen LogP contribution in [0, 0.1) is 5.92 Å². The van der Waals surface area contributed by atoms with E-state index in [2.05, 4.69) is 53.1 Å². The fraction of sp³-hybridized carbons (Fsp3) is 0.500. The lowest BCUT2D eigenvalue weighted by molar-refractivity contribution is -0.433. The van der Waals surface area contributed by atoms with Gasteiger partial charge in [0, 0.05) is 55.1 Å². The zero-order chi connectivity index (χ0) is 64.8. The molecule has 3 aliphatic rings. The predicted molar refractivity (Wildman–Crippen MR) is 306 cm³/mol. The van der Waals surface area contributed by atoms with Gasteiger partial charge in [0.1, 0.15) is 54.2 Å². The first kappa shape index (κ1) is 68.4. The van der Waals surface area contributed by atoms with Crippen molar-refractivity contribution in [3.63, 3.8) is 0 Å². The summed E-state index contributed by atoms with van der Waals surface area (Å²) in [6.45, 7) is 3.35. The maximum atomic E-state index is 14.7. The van der Waals surface area contributed by atoms with Crippen LogP contribution in [0.5, 0.6) is 17.2 Å². The zero-order valence-corrected chi connectivity index (χ0v) is 49.1. The molecule has 484 valence electrons. The summed E-state index contributed by atoms with van der Waals surface area (Å²) in [5.41, 5.74) is 5.96. The van der Waals surface area contributed by atoms with Crippen molar-refractivity contribution in [2.75, 3.05) is 26.2 Å². The Morgan fingerprint density at radius 2 is 1.43 bits per heavy atom. The van der Waals surface area contributed by atoms with Gasteiger partial charge < -0.3 is 96.3 Å². The minimum absolute atomic E-state index is 0.0263. The first-order valence-corrected chi connectivity index (χ1v) is 29.0. The van der Waals surface area contributed by atoms with Gasteiger partial charge in [-0.1, -0.05) is 48.5 Å². The maximum absolute atomic E-state index is 14.7. The van der Waals surface area contributed by atoms with Gasteiger partial charge in [-0.2, -0.15) is 0 Å². The molecule has 14 atom stereocenters. The van der Waals surface area contributed by atoms with Gasteiger partial charge in [0.2, 0.25) is 53.1 Å². The van der Waals surface area contributed by atoms with E-state index in [1.54, 1.807) is 24.3 Å². The number of aliphatic hydroxyl groups is 7. The normalized spacial score (nSPS) is 25.4. The van der Waals surface area contributed by atoms with Gasteiger partial charge in [0.15, 0.2) is 11.5 Å². The standard InChI is InChI=1S/C56H72N10O22S/c1-4-5-6-7-18-84-34-15-12-30(13-16-34)54-64-63-53(85-54)29-10-8-28(9-11-29)48(76)59-35-20-32(68)23-58-52(80)44-45(73)26(2)24-66(44)56(82)42(38(71)22-40(57)72)61-51(79)43(47(75)46(74)31-14-17-37(70)39(19-31)86-89-88-87-83)62-50(78)36-21-33(69)25-65(36)55(81)41(27(3)67)60-49(35)77/h8-17,19,26-27,32-33,35-36,38,41-47,67-71,73-75,83H,4-7,18,20-25H2,1-3H3,(H2,57,72)(H,58,80)(H,59,76)(H,60,77)(H,61,79)(H,62,78)/t26?,27?,32?,33?,35-,36?,38?,41?,42?,43?,44?,45?,46?,47?/m0/s1. The second-order valence-electron chi connectivity index (χ2n) is 21.8. The number of β-amino-alcohol motifs (C(OH)–C–C–N with tert-alkyl or cyclic N) is 1. The molecule has 3 aromatic carbocycles. The average molecular weight is 1270 g/mol. The SMILES string of the molecule is CCCCCCOc1ccc(-c2nnc(-c3ccc(C(=O)N[C@H]4CC(O)CNC(=O)C5C(O)C(C)CN5C(=O)C(C(O)CC(N)=O)NC(=O)C(C(O)C(O)c5ccc(O)c(OSOOO)c5)NC(=O)C5CC(O)CN5C(=O)C(C(C)O)NC4=O)cc3)o2)cc1. The number of aliphatic hydroxyl groups excluding tert-OH is 7. The molecule has 3 saturated heterocycles.